The largest absolute Gasteiger partial charge is 0.489 e. The monoisotopic (exact) mass is 269 g/mol. The fourth-order valence-electron chi connectivity index (χ4n) is 2.12. The quantitative estimate of drug-likeness (QED) is 0.822. The summed E-state index contributed by atoms with van der Waals surface area (Å²) in [5.41, 5.74) is 2.53. The molecule has 2 nitrogen and oxygen atoms in total. The summed E-state index contributed by atoms with van der Waals surface area (Å²) in [5, 5.41) is 3.46. The summed E-state index contributed by atoms with van der Waals surface area (Å²) in [6.07, 6.45) is 1.20. The first kappa shape index (κ1) is 14.6. The Balaban J connectivity index is 1.80. The van der Waals surface area contributed by atoms with Gasteiger partial charge in [-0.25, -0.2) is 0 Å². The number of aryl methyl sites for hydroxylation is 1. The molecule has 20 heavy (non-hydrogen) atoms. The highest BCUT2D eigenvalue weighted by molar-refractivity contribution is 5.27. The van der Waals surface area contributed by atoms with Crippen LogP contribution in [0.3, 0.4) is 0 Å². The standard InChI is InChI=1S/C18H23NO/c1-3-17(20-18-11-7-8-15(2)12-18)14-19-13-16-9-5-4-6-10-16/h4-12,17,19H,3,13-14H2,1-2H3/t17-/m1/s1. The van der Waals surface area contributed by atoms with Gasteiger partial charge in [0.1, 0.15) is 11.9 Å². The third-order valence-corrected chi connectivity index (χ3v) is 3.29. The molecule has 1 atom stereocenters. The minimum absolute atomic E-state index is 0.209. The van der Waals surface area contributed by atoms with Crippen molar-refractivity contribution >= 4 is 0 Å². The Hall–Kier alpha value is -1.80. The molecule has 0 bridgehead atoms. The Kier molecular flexibility index (Phi) is 5.63. The van der Waals surface area contributed by atoms with Crippen molar-refractivity contribution in [1.29, 1.82) is 0 Å². The molecule has 0 amide bonds. The minimum Gasteiger partial charge on any atom is -0.489 e. The highest BCUT2D eigenvalue weighted by Crippen LogP contribution is 2.15. The molecular weight excluding hydrogens is 246 g/mol. The Bertz CT molecular complexity index is 510. The van der Waals surface area contributed by atoms with Gasteiger partial charge in [0, 0.05) is 13.1 Å². The van der Waals surface area contributed by atoms with E-state index >= 15 is 0 Å². The zero-order valence-corrected chi connectivity index (χ0v) is 12.3. The molecule has 0 aliphatic carbocycles. The molecule has 2 heteroatoms. The summed E-state index contributed by atoms with van der Waals surface area (Å²) in [7, 11) is 0. The van der Waals surface area contributed by atoms with Crippen molar-refractivity contribution in [3.8, 4) is 5.75 Å². The summed E-state index contributed by atoms with van der Waals surface area (Å²) in [4.78, 5) is 0. The number of rotatable bonds is 7. The first-order chi connectivity index (χ1) is 9.78. The van der Waals surface area contributed by atoms with Gasteiger partial charge >= 0.3 is 0 Å². The Morgan fingerprint density at radius 3 is 2.55 bits per heavy atom. The molecule has 0 unspecified atom stereocenters. The molecule has 0 fully saturated rings. The van der Waals surface area contributed by atoms with Crippen LogP contribution in [-0.2, 0) is 6.54 Å². The van der Waals surface area contributed by atoms with Gasteiger partial charge < -0.3 is 10.1 Å². The lowest BCUT2D eigenvalue weighted by molar-refractivity contribution is 0.193. The zero-order valence-electron chi connectivity index (χ0n) is 12.3. The smallest absolute Gasteiger partial charge is 0.120 e. The lowest BCUT2D eigenvalue weighted by atomic mass is 10.2. The topological polar surface area (TPSA) is 21.3 Å². The number of benzene rings is 2. The molecule has 0 aliphatic heterocycles. The Morgan fingerprint density at radius 2 is 1.85 bits per heavy atom. The fraction of sp³-hybridized carbons (Fsp3) is 0.333. The molecule has 0 aromatic heterocycles. The first-order valence-electron chi connectivity index (χ1n) is 7.26. The maximum Gasteiger partial charge on any atom is 0.120 e. The van der Waals surface area contributed by atoms with Gasteiger partial charge in [-0.3, -0.25) is 0 Å². The van der Waals surface area contributed by atoms with E-state index in [9.17, 15) is 0 Å². The van der Waals surface area contributed by atoms with Crippen LogP contribution in [0.2, 0.25) is 0 Å². The van der Waals surface area contributed by atoms with Crippen LogP contribution < -0.4 is 10.1 Å². The van der Waals surface area contributed by atoms with E-state index in [1.54, 1.807) is 0 Å². The van der Waals surface area contributed by atoms with Gasteiger partial charge in [-0.1, -0.05) is 49.4 Å². The molecular formula is C18H23NO. The molecule has 0 saturated heterocycles. The van der Waals surface area contributed by atoms with Crippen LogP contribution in [0.4, 0.5) is 0 Å². The van der Waals surface area contributed by atoms with Gasteiger partial charge in [0.15, 0.2) is 0 Å². The van der Waals surface area contributed by atoms with E-state index in [0.29, 0.717) is 0 Å². The molecule has 1 N–H and O–H groups in total. The molecule has 0 spiro atoms. The summed E-state index contributed by atoms with van der Waals surface area (Å²) in [5.74, 6) is 0.957. The van der Waals surface area contributed by atoms with Crippen molar-refractivity contribution in [3.63, 3.8) is 0 Å². The number of ether oxygens (including phenoxy) is 1. The third-order valence-electron chi connectivity index (χ3n) is 3.29. The Labute approximate surface area is 121 Å². The average molecular weight is 269 g/mol. The molecule has 106 valence electrons. The summed E-state index contributed by atoms with van der Waals surface area (Å²) >= 11 is 0. The van der Waals surface area contributed by atoms with Crippen molar-refractivity contribution in [3.05, 3.63) is 65.7 Å². The second-order valence-electron chi connectivity index (χ2n) is 5.08. The normalized spacial score (nSPS) is 12.1. The zero-order chi connectivity index (χ0) is 14.2. The van der Waals surface area contributed by atoms with E-state index in [1.165, 1.54) is 11.1 Å². The van der Waals surface area contributed by atoms with Gasteiger partial charge in [0.25, 0.3) is 0 Å². The lowest BCUT2D eigenvalue weighted by Gasteiger charge is -2.18. The van der Waals surface area contributed by atoms with E-state index in [4.69, 9.17) is 4.74 Å². The fourth-order valence-corrected chi connectivity index (χ4v) is 2.12. The van der Waals surface area contributed by atoms with Crippen LogP contribution in [0.25, 0.3) is 0 Å². The predicted octanol–water partition coefficient (Wildman–Crippen LogP) is 3.94. The van der Waals surface area contributed by atoms with Crippen molar-refractivity contribution in [1.82, 2.24) is 5.32 Å². The molecule has 0 aliphatic rings. The summed E-state index contributed by atoms with van der Waals surface area (Å²) in [6, 6.07) is 18.7. The molecule has 2 aromatic rings. The van der Waals surface area contributed by atoms with Crippen LogP contribution in [0, 0.1) is 6.92 Å². The van der Waals surface area contributed by atoms with Crippen LogP contribution in [-0.4, -0.2) is 12.6 Å². The molecule has 0 radical (unpaired) electrons. The maximum absolute atomic E-state index is 6.02. The molecule has 0 saturated carbocycles. The van der Waals surface area contributed by atoms with E-state index in [1.807, 2.05) is 18.2 Å². The van der Waals surface area contributed by atoms with E-state index < -0.39 is 0 Å². The third kappa shape index (κ3) is 4.71. The van der Waals surface area contributed by atoms with E-state index in [-0.39, 0.29) is 6.10 Å². The maximum atomic E-state index is 6.02. The van der Waals surface area contributed by atoms with Gasteiger partial charge in [0.2, 0.25) is 0 Å². The Morgan fingerprint density at radius 1 is 1.05 bits per heavy atom. The van der Waals surface area contributed by atoms with Crippen LogP contribution in [0.5, 0.6) is 5.75 Å². The van der Waals surface area contributed by atoms with Crippen molar-refractivity contribution < 1.29 is 4.74 Å². The van der Waals surface area contributed by atoms with Gasteiger partial charge in [-0.05, 0) is 36.6 Å². The van der Waals surface area contributed by atoms with Crippen LogP contribution >= 0.6 is 0 Å². The van der Waals surface area contributed by atoms with Gasteiger partial charge in [-0.15, -0.1) is 0 Å². The highest BCUT2D eigenvalue weighted by Gasteiger charge is 2.07. The minimum atomic E-state index is 0.209. The molecule has 2 aromatic carbocycles. The lowest BCUT2D eigenvalue weighted by Crippen LogP contribution is -2.30. The molecule has 2 rings (SSSR count). The molecule has 0 heterocycles. The van der Waals surface area contributed by atoms with Gasteiger partial charge in [-0.2, -0.15) is 0 Å². The van der Waals surface area contributed by atoms with E-state index in [2.05, 4.69) is 55.6 Å². The SMILES string of the molecule is CC[C@H](CNCc1ccccc1)Oc1cccc(C)c1. The van der Waals surface area contributed by atoms with Gasteiger partial charge in [0.05, 0.1) is 0 Å². The first-order valence-corrected chi connectivity index (χ1v) is 7.26. The van der Waals surface area contributed by atoms with Crippen LogP contribution in [0.1, 0.15) is 24.5 Å². The second-order valence-corrected chi connectivity index (χ2v) is 5.08. The number of nitrogens with one attached hydrogen (secondary N) is 1. The predicted molar refractivity (Wildman–Crippen MR) is 84.0 cm³/mol. The highest BCUT2D eigenvalue weighted by atomic mass is 16.5. The number of hydrogen-bond acceptors (Lipinski definition) is 2. The summed E-state index contributed by atoms with van der Waals surface area (Å²) in [6.45, 7) is 5.99. The van der Waals surface area contributed by atoms with Crippen molar-refractivity contribution in [2.24, 2.45) is 0 Å². The average Bonchev–Trinajstić information content (AvgIpc) is 2.47. The summed E-state index contributed by atoms with van der Waals surface area (Å²) < 4.78 is 6.02. The second kappa shape index (κ2) is 7.71. The van der Waals surface area contributed by atoms with Crippen LogP contribution in [0.15, 0.2) is 54.6 Å². The number of hydrogen-bond donors (Lipinski definition) is 1. The van der Waals surface area contributed by atoms with Crippen molar-refractivity contribution in [2.45, 2.75) is 32.9 Å². The van der Waals surface area contributed by atoms with Crippen molar-refractivity contribution in [2.75, 3.05) is 6.54 Å². The van der Waals surface area contributed by atoms with E-state index in [0.717, 1.165) is 25.3 Å².